The van der Waals surface area contributed by atoms with Gasteiger partial charge in [-0.1, -0.05) is 26.0 Å². The van der Waals surface area contributed by atoms with Crippen LogP contribution in [0.25, 0.3) is 0 Å². The van der Waals surface area contributed by atoms with E-state index in [4.69, 9.17) is 10.00 Å². The Morgan fingerprint density at radius 3 is 2.64 bits per heavy atom. The molecule has 74 valence electrons. The topological polar surface area (TPSA) is 33.0 Å². The van der Waals surface area contributed by atoms with E-state index in [-0.39, 0.29) is 0 Å². The lowest BCUT2D eigenvalue weighted by molar-refractivity contribution is 0.334. The maximum Gasteiger partial charge on any atom is 0.140 e. The predicted octanol–water partition coefficient (Wildman–Crippen LogP) is 3.08. The molecule has 0 heterocycles. The van der Waals surface area contributed by atoms with Crippen molar-refractivity contribution < 1.29 is 4.74 Å². The fourth-order valence-electron chi connectivity index (χ4n) is 1.40. The van der Waals surface area contributed by atoms with Crippen LogP contribution in [0.15, 0.2) is 18.2 Å². The summed E-state index contributed by atoms with van der Waals surface area (Å²) in [5.74, 6) is 1.12. The molecule has 2 nitrogen and oxygen atoms in total. The molecule has 0 unspecified atom stereocenters. The Morgan fingerprint density at radius 1 is 1.43 bits per heavy atom. The summed E-state index contributed by atoms with van der Waals surface area (Å²) >= 11 is 0. The summed E-state index contributed by atoms with van der Waals surface area (Å²) in [6.07, 6.45) is 0. The Morgan fingerprint density at radius 2 is 2.14 bits per heavy atom. The first-order valence-corrected chi connectivity index (χ1v) is 4.86. The third kappa shape index (κ3) is 2.05. The van der Waals surface area contributed by atoms with Crippen LogP contribution in [-0.2, 0) is 0 Å². The van der Waals surface area contributed by atoms with Crippen molar-refractivity contribution in [2.45, 2.75) is 26.7 Å². The van der Waals surface area contributed by atoms with Crippen molar-refractivity contribution in [2.24, 2.45) is 0 Å². The molecular formula is C12H15NO. The smallest absolute Gasteiger partial charge is 0.140 e. The number of nitriles is 1. The molecule has 14 heavy (non-hydrogen) atoms. The van der Waals surface area contributed by atoms with Gasteiger partial charge in [0.1, 0.15) is 11.8 Å². The monoisotopic (exact) mass is 189 g/mol. The first-order valence-electron chi connectivity index (χ1n) is 4.86. The zero-order chi connectivity index (χ0) is 10.6. The molecule has 0 bridgehead atoms. The summed E-state index contributed by atoms with van der Waals surface area (Å²) in [6, 6.07) is 7.85. The van der Waals surface area contributed by atoms with Gasteiger partial charge in [-0.2, -0.15) is 5.26 Å². The number of rotatable bonds is 3. The number of hydrogen-bond acceptors (Lipinski definition) is 2. The molecule has 0 aliphatic rings. The van der Waals surface area contributed by atoms with Crippen LogP contribution in [0.5, 0.6) is 5.75 Å². The van der Waals surface area contributed by atoms with E-state index in [0.717, 1.165) is 11.3 Å². The van der Waals surface area contributed by atoms with E-state index in [1.54, 1.807) is 6.07 Å². The molecule has 0 saturated carbocycles. The summed E-state index contributed by atoms with van der Waals surface area (Å²) in [5.41, 5.74) is 1.73. The van der Waals surface area contributed by atoms with Crippen molar-refractivity contribution in [3.63, 3.8) is 0 Å². The van der Waals surface area contributed by atoms with Crippen LogP contribution >= 0.6 is 0 Å². The molecule has 0 aliphatic carbocycles. The zero-order valence-corrected chi connectivity index (χ0v) is 8.87. The number of nitrogens with zero attached hydrogens (tertiary/aromatic N) is 1. The lowest BCUT2D eigenvalue weighted by Gasteiger charge is -2.13. The van der Waals surface area contributed by atoms with Gasteiger partial charge in [0.15, 0.2) is 0 Å². The van der Waals surface area contributed by atoms with Crippen molar-refractivity contribution in [2.75, 3.05) is 6.61 Å². The fraction of sp³-hybridized carbons (Fsp3) is 0.417. The minimum absolute atomic E-state index is 0.379. The Bertz CT molecular complexity index is 350. The SMILES string of the molecule is CCOc1c(C#N)cccc1C(C)C. The highest BCUT2D eigenvalue weighted by Gasteiger charge is 2.11. The summed E-state index contributed by atoms with van der Waals surface area (Å²) < 4.78 is 5.50. The Balaban J connectivity index is 3.22. The van der Waals surface area contributed by atoms with Gasteiger partial charge in [0.05, 0.1) is 12.2 Å². The molecule has 0 radical (unpaired) electrons. The molecule has 0 N–H and O–H groups in total. The first-order chi connectivity index (χ1) is 6.70. The van der Waals surface area contributed by atoms with Gasteiger partial charge in [-0.25, -0.2) is 0 Å². The van der Waals surface area contributed by atoms with E-state index < -0.39 is 0 Å². The summed E-state index contributed by atoms with van der Waals surface area (Å²) in [5, 5.41) is 8.92. The van der Waals surface area contributed by atoms with Gasteiger partial charge < -0.3 is 4.74 Å². The van der Waals surface area contributed by atoms with Gasteiger partial charge in [-0.15, -0.1) is 0 Å². The van der Waals surface area contributed by atoms with Gasteiger partial charge >= 0.3 is 0 Å². The standard InChI is InChI=1S/C12H15NO/c1-4-14-12-10(8-13)6-5-7-11(12)9(2)3/h5-7,9H,4H2,1-3H3. The third-order valence-electron chi connectivity index (χ3n) is 2.08. The van der Waals surface area contributed by atoms with Crippen LogP contribution in [0, 0.1) is 11.3 Å². The van der Waals surface area contributed by atoms with E-state index in [0.29, 0.717) is 18.1 Å². The maximum atomic E-state index is 8.92. The van der Waals surface area contributed by atoms with Crippen molar-refractivity contribution in [3.05, 3.63) is 29.3 Å². The molecule has 0 atom stereocenters. The Labute approximate surface area is 85.1 Å². The Kier molecular flexibility index (Phi) is 3.53. The average molecular weight is 189 g/mol. The second-order valence-corrected chi connectivity index (χ2v) is 3.42. The summed E-state index contributed by atoms with van der Waals surface area (Å²) in [4.78, 5) is 0. The van der Waals surface area contributed by atoms with Gasteiger partial charge in [0.2, 0.25) is 0 Å². The molecule has 0 spiro atoms. The summed E-state index contributed by atoms with van der Waals surface area (Å²) in [7, 11) is 0. The molecule has 1 aromatic rings. The average Bonchev–Trinajstić information content (AvgIpc) is 2.18. The van der Waals surface area contributed by atoms with E-state index >= 15 is 0 Å². The lowest BCUT2D eigenvalue weighted by Crippen LogP contribution is -2.00. The van der Waals surface area contributed by atoms with Crippen molar-refractivity contribution in [1.82, 2.24) is 0 Å². The van der Waals surface area contributed by atoms with Crippen LogP contribution in [0.4, 0.5) is 0 Å². The zero-order valence-electron chi connectivity index (χ0n) is 8.87. The fourth-order valence-corrected chi connectivity index (χ4v) is 1.40. The van der Waals surface area contributed by atoms with Crippen molar-refractivity contribution in [3.8, 4) is 11.8 Å². The van der Waals surface area contributed by atoms with Gasteiger partial charge in [0, 0.05) is 0 Å². The van der Waals surface area contributed by atoms with Crippen LogP contribution in [-0.4, -0.2) is 6.61 Å². The predicted molar refractivity (Wildman–Crippen MR) is 56.4 cm³/mol. The highest BCUT2D eigenvalue weighted by molar-refractivity contribution is 5.49. The van der Waals surface area contributed by atoms with Crippen LogP contribution in [0.3, 0.4) is 0 Å². The largest absolute Gasteiger partial charge is 0.492 e. The van der Waals surface area contributed by atoms with E-state index in [2.05, 4.69) is 19.9 Å². The highest BCUT2D eigenvalue weighted by Crippen LogP contribution is 2.29. The second-order valence-electron chi connectivity index (χ2n) is 3.42. The van der Waals surface area contributed by atoms with Gasteiger partial charge in [0.25, 0.3) is 0 Å². The summed E-state index contributed by atoms with van der Waals surface area (Å²) in [6.45, 7) is 6.72. The number of ether oxygens (including phenoxy) is 1. The molecule has 0 fully saturated rings. The van der Waals surface area contributed by atoms with Crippen LogP contribution in [0.2, 0.25) is 0 Å². The molecule has 1 aromatic carbocycles. The molecule has 0 amide bonds. The molecule has 0 aromatic heterocycles. The van der Waals surface area contributed by atoms with E-state index in [1.165, 1.54) is 0 Å². The van der Waals surface area contributed by atoms with Crippen molar-refractivity contribution >= 4 is 0 Å². The third-order valence-corrected chi connectivity index (χ3v) is 2.08. The number of para-hydroxylation sites is 1. The maximum absolute atomic E-state index is 8.92. The Hall–Kier alpha value is -1.49. The number of hydrogen-bond donors (Lipinski definition) is 0. The lowest BCUT2D eigenvalue weighted by atomic mass is 9.99. The van der Waals surface area contributed by atoms with Gasteiger partial charge in [-0.3, -0.25) is 0 Å². The molecular weight excluding hydrogens is 174 g/mol. The van der Waals surface area contributed by atoms with Crippen molar-refractivity contribution in [1.29, 1.82) is 5.26 Å². The van der Waals surface area contributed by atoms with Gasteiger partial charge in [-0.05, 0) is 24.5 Å². The molecule has 0 aliphatic heterocycles. The minimum Gasteiger partial charge on any atom is -0.492 e. The molecule has 0 saturated heterocycles. The second kappa shape index (κ2) is 4.66. The number of benzene rings is 1. The van der Waals surface area contributed by atoms with Crippen LogP contribution in [0.1, 0.15) is 37.8 Å². The first kappa shape index (κ1) is 10.6. The molecule has 1 rings (SSSR count). The molecule has 2 heteroatoms. The van der Waals surface area contributed by atoms with Crippen LogP contribution < -0.4 is 4.74 Å². The highest BCUT2D eigenvalue weighted by atomic mass is 16.5. The minimum atomic E-state index is 0.379. The van der Waals surface area contributed by atoms with E-state index in [9.17, 15) is 0 Å². The quantitative estimate of drug-likeness (QED) is 0.732. The normalized spacial score (nSPS) is 9.93. The van der Waals surface area contributed by atoms with E-state index in [1.807, 2.05) is 19.1 Å².